The molecule has 3 heterocycles. The monoisotopic (exact) mass is 401 g/mol. The van der Waals surface area contributed by atoms with Gasteiger partial charge in [0.15, 0.2) is 0 Å². The normalized spacial score (nSPS) is 21.7. The van der Waals surface area contributed by atoms with Crippen molar-refractivity contribution in [2.45, 2.75) is 25.4 Å². The molecule has 8 nitrogen and oxygen atoms in total. The van der Waals surface area contributed by atoms with Gasteiger partial charge >= 0.3 is 0 Å². The molecule has 2 amide bonds. The summed E-state index contributed by atoms with van der Waals surface area (Å²) in [6.45, 7) is 2.84. The fourth-order valence-corrected chi connectivity index (χ4v) is 4.00. The predicted molar refractivity (Wildman–Crippen MR) is 101 cm³/mol. The van der Waals surface area contributed by atoms with Crippen LogP contribution >= 0.6 is 0 Å². The quantitative estimate of drug-likeness (QED) is 0.752. The van der Waals surface area contributed by atoms with E-state index in [0.29, 0.717) is 52.2 Å². The van der Waals surface area contributed by atoms with Crippen molar-refractivity contribution in [3.63, 3.8) is 0 Å². The SMILES string of the molecule is O=C(c1ccccc1F)N1C[C@@H]2COC[C@H](C1)N(C(=O)CCCn1cncn1)C2. The van der Waals surface area contributed by atoms with Crippen molar-refractivity contribution in [3.8, 4) is 0 Å². The molecule has 2 atom stereocenters. The number of aryl methyl sites for hydroxylation is 1. The number of halogens is 1. The van der Waals surface area contributed by atoms with Crippen LogP contribution in [0.2, 0.25) is 0 Å². The molecule has 0 N–H and O–H groups in total. The van der Waals surface area contributed by atoms with E-state index in [4.69, 9.17) is 4.74 Å². The molecule has 2 bridgehead atoms. The van der Waals surface area contributed by atoms with Gasteiger partial charge in [-0.3, -0.25) is 14.3 Å². The summed E-state index contributed by atoms with van der Waals surface area (Å²) in [4.78, 5) is 33.2. The molecule has 0 aliphatic carbocycles. The number of ether oxygens (including phenoxy) is 1. The summed E-state index contributed by atoms with van der Waals surface area (Å²) in [7, 11) is 0. The number of carbonyl (C=O) groups excluding carboxylic acids is 2. The highest BCUT2D eigenvalue weighted by atomic mass is 19.1. The zero-order valence-electron chi connectivity index (χ0n) is 16.1. The number of fused-ring (bicyclic) bond motifs is 3. The summed E-state index contributed by atoms with van der Waals surface area (Å²) in [5, 5.41) is 4.04. The molecule has 4 rings (SSSR count). The van der Waals surface area contributed by atoms with Crippen molar-refractivity contribution >= 4 is 11.8 Å². The summed E-state index contributed by atoms with van der Waals surface area (Å²) in [6.07, 6.45) is 4.15. The van der Waals surface area contributed by atoms with E-state index < -0.39 is 5.82 Å². The minimum absolute atomic E-state index is 0.0116. The molecule has 154 valence electrons. The Bertz CT molecular complexity index is 860. The van der Waals surface area contributed by atoms with E-state index in [0.717, 1.165) is 0 Å². The molecule has 2 aromatic rings. The van der Waals surface area contributed by atoms with Gasteiger partial charge in [-0.2, -0.15) is 5.10 Å². The van der Waals surface area contributed by atoms with Crippen LogP contribution < -0.4 is 0 Å². The van der Waals surface area contributed by atoms with Gasteiger partial charge in [0.25, 0.3) is 5.91 Å². The van der Waals surface area contributed by atoms with Crippen molar-refractivity contribution in [3.05, 3.63) is 48.3 Å². The van der Waals surface area contributed by atoms with Crippen LogP contribution in [0.25, 0.3) is 0 Å². The zero-order valence-corrected chi connectivity index (χ0v) is 16.1. The second-order valence-electron chi connectivity index (χ2n) is 7.56. The number of nitrogens with zero attached hydrogens (tertiary/aromatic N) is 5. The highest BCUT2D eigenvalue weighted by molar-refractivity contribution is 5.94. The van der Waals surface area contributed by atoms with Crippen molar-refractivity contribution in [2.24, 2.45) is 5.92 Å². The summed E-state index contributed by atoms with van der Waals surface area (Å²) in [6, 6.07) is 5.79. The van der Waals surface area contributed by atoms with Gasteiger partial charge in [0, 0.05) is 38.5 Å². The Hall–Kier alpha value is -2.81. The van der Waals surface area contributed by atoms with E-state index in [9.17, 15) is 14.0 Å². The zero-order chi connectivity index (χ0) is 20.2. The Morgan fingerprint density at radius 3 is 2.83 bits per heavy atom. The number of hydrogen-bond acceptors (Lipinski definition) is 5. The third kappa shape index (κ3) is 4.45. The van der Waals surface area contributed by atoms with E-state index in [1.807, 2.05) is 4.90 Å². The van der Waals surface area contributed by atoms with Crippen LogP contribution in [-0.2, 0) is 16.1 Å². The molecule has 0 saturated carbocycles. The molecule has 29 heavy (non-hydrogen) atoms. The molecule has 0 spiro atoms. The first-order chi connectivity index (χ1) is 14.1. The number of amides is 2. The van der Waals surface area contributed by atoms with Crippen LogP contribution in [0, 0.1) is 11.7 Å². The summed E-state index contributed by atoms with van der Waals surface area (Å²) in [5.41, 5.74) is 0.0686. The van der Waals surface area contributed by atoms with E-state index in [1.165, 1.54) is 18.5 Å². The first kappa shape index (κ1) is 19.5. The lowest BCUT2D eigenvalue weighted by Crippen LogP contribution is -2.48. The second-order valence-corrected chi connectivity index (χ2v) is 7.56. The standard InChI is InChI=1S/C20H24FN5O3/c21-18-5-2-1-4-17(18)20(28)24-8-15-9-26(16(10-24)12-29-11-15)19(27)6-3-7-25-14-22-13-23-25/h1-2,4-5,13-16H,3,6-12H2/t15-,16-/m0/s1. The molecular weight excluding hydrogens is 377 g/mol. The Balaban J connectivity index is 1.43. The highest BCUT2D eigenvalue weighted by Crippen LogP contribution is 2.23. The first-order valence-corrected chi connectivity index (χ1v) is 9.85. The van der Waals surface area contributed by atoms with Crippen molar-refractivity contribution < 1.29 is 18.7 Å². The minimum atomic E-state index is -0.524. The number of carbonyl (C=O) groups is 2. The largest absolute Gasteiger partial charge is 0.379 e. The maximum absolute atomic E-state index is 14.1. The molecule has 0 radical (unpaired) electrons. The molecule has 2 aliphatic rings. The van der Waals surface area contributed by atoms with Crippen LogP contribution in [0.1, 0.15) is 23.2 Å². The van der Waals surface area contributed by atoms with E-state index in [1.54, 1.807) is 28.0 Å². The Morgan fingerprint density at radius 1 is 1.17 bits per heavy atom. The van der Waals surface area contributed by atoms with Gasteiger partial charge in [-0.05, 0) is 18.6 Å². The molecule has 1 aromatic heterocycles. The lowest BCUT2D eigenvalue weighted by atomic mass is 10.1. The highest BCUT2D eigenvalue weighted by Gasteiger charge is 2.37. The average Bonchev–Trinajstić information content (AvgIpc) is 3.04. The minimum Gasteiger partial charge on any atom is -0.379 e. The van der Waals surface area contributed by atoms with Crippen LogP contribution in [0.3, 0.4) is 0 Å². The Kier molecular flexibility index (Phi) is 5.84. The first-order valence-electron chi connectivity index (χ1n) is 9.85. The Morgan fingerprint density at radius 2 is 2.03 bits per heavy atom. The van der Waals surface area contributed by atoms with Crippen LogP contribution in [-0.4, -0.2) is 75.3 Å². The molecule has 2 fully saturated rings. The smallest absolute Gasteiger partial charge is 0.256 e. The second kappa shape index (κ2) is 8.69. The molecule has 2 aliphatic heterocycles. The topological polar surface area (TPSA) is 80.6 Å². The number of hydrogen-bond donors (Lipinski definition) is 0. The summed E-state index contributed by atoms with van der Waals surface area (Å²) >= 11 is 0. The van der Waals surface area contributed by atoms with Crippen LogP contribution in [0.4, 0.5) is 4.39 Å². The average molecular weight is 401 g/mol. The maximum atomic E-state index is 14.1. The van der Waals surface area contributed by atoms with Crippen LogP contribution in [0.15, 0.2) is 36.9 Å². The molecule has 0 unspecified atom stereocenters. The van der Waals surface area contributed by atoms with Crippen LogP contribution in [0.5, 0.6) is 0 Å². The van der Waals surface area contributed by atoms with Gasteiger partial charge in [-0.1, -0.05) is 12.1 Å². The summed E-state index contributed by atoms with van der Waals surface area (Å²) < 4.78 is 21.5. The number of aromatic nitrogens is 3. The number of rotatable bonds is 5. The third-order valence-corrected chi connectivity index (χ3v) is 5.43. The van der Waals surface area contributed by atoms with Gasteiger partial charge < -0.3 is 14.5 Å². The van der Waals surface area contributed by atoms with Gasteiger partial charge in [-0.15, -0.1) is 0 Å². The van der Waals surface area contributed by atoms with Crippen molar-refractivity contribution in [2.75, 3.05) is 32.8 Å². The molecule has 1 aromatic carbocycles. The Labute approximate surface area is 168 Å². The van der Waals surface area contributed by atoms with E-state index in [-0.39, 0.29) is 29.3 Å². The summed E-state index contributed by atoms with van der Waals surface area (Å²) in [5.74, 6) is -0.798. The fraction of sp³-hybridized carbons (Fsp3) is 0.500. The lowest BCUT2D eigenvalue weighted by molar-refractivity contribution is -0.134. The molecular formula is C20H24FN5O3. The van der Waals surface area contributed by atoms with Crippen molar-refractivity contribution in [1.82, 2.24) is 24.6 Å². The molecule has 2 saturated heterocycles. The lowest BCUT2D eigenvalue weighted by Gasteiger charge is -2.31. The predicted octanol–water partition coefficient (Wildman–Crippen LogP) is 1.20. The van der Waals surface area contributed by atoms with Gasteiger partial charge in [0.2, 0.25) is 5.91 Å². The van der Waals surface area contributed by atoms with Crippen molar-refractivity contribution in [1.29, 1.82) is 0 Å². The van der Waals surface area contributed by atoms with E-state index in [2.05, 4.69) is 10.1 Å². The van der Waals surface area contributed by atoms with Gasteiger partial charge in [-0.25, -0.2) is 9.37 Å². The van der Waals surface area contributed by atoms with E-state index >= 15 is 0 Å². The fourth-order valence-electron chi connectivity index (χ4n) is 4.00. The van der Waals surface area contributed by atoms with Gasteiger partial charge in [0.05, 0.1) is 24.8 Å². The maximum Gasteiger partial charge on any atom is 0.256 e. The number of benzene rings is 1. The van der Waals surface area contributed by atoms with Gasteiger partial charge in [0.1, 0.15) is 18.5 Å². The molecule has 9 heteroatoms. The third-order valence-electron chi connectivity index (χ3n) is 5.43.